The van der Waals surface area contributed by atoms with Crippen molar-refractivity contribution in [2.45, 2.75) is 58.8 Å². The number of ketones is 1. The van der Waals surface area contributed by atoms with Gasteiger partial charge in [-0.25, -0.2) is 4.90 Å². The van der Waals surface area contributed by atoms with Crippen LogP contribution in [-0.2, 0) is 19.8 Å². The molecular weight excluding hydrogens is 406 g/mol. The van der Waals surface area contributed by atoms with Crippen molar-refractivity contribution in [3.63, 3.8) is 0 Å². The Morgan fingerprint density at radius 2 is 1.85 bits per heavy atom. The maximum absolute atomic E-state index is 13.2. The predicted molar refractivity (Wildman–Crippen MR) is 110 cm³/mol. The number of nitrogens with zero attached hydrogens (tertiary/aromatic N) is 1. The fraction of sp³-hybridized carbons (Fsp3) is 0.500. The Kier molecular flexibility index (Phi) is 5.44. The molecule has 0 spiro atoms. The van der Waals surface area contributed by atoms with Crippen molar-refractivity contribution >= 4 is 39.2 Å². The van der Waals surface area contributed by atoms with E-state index in [2.05, 4.69) is 36.7 Å². The lowest BCUT2D eigenvalue weighted by Gasteiger charge is -2.28. The molecular formula is C22H26BrNO3. The van der Waals surface area contributed by atoms with Crippen LogP contribution in [0.15, 0.2) is 34.3 Å². The van der Waals surface area contributed by atoms with E-state index in [1.54, 1.807) is 6.08 Å². The van der Waals surface area contributed by atoms with E-state index in [-0.39, 0.29) is 35.4 Å². The fourth-order valence-corrected chi connectivity index (χ4v) is 4.40. The van der Waals surface area contributed by atoms with E-state index in [4.69, 9.17) is 0 Å². The van der Waals surface area contributed by atoms with Gasteiger partial charge < -0.3 is 0 Å². The average Bonchev–Trinajstić information content (AvgIpc) is 2.88. The van der Waals surface area contributed by atoms with Crippen LogP contribution < -0.4 is 4.90 Å². The van der Waals surface area contributed by atoms with Gasteiger partial charge in [-0.05, 0) is 54.0 Å². The smallest absolute Gasteiger partial charge is 0.237 e. The van der Waals surface area contributed by atoms with E-state index in [1.165, 1.54) is 4.90 Å². The largest absolute Gasteiger partial charge is 0.295 e. The number of halogens is 1. The summed E-state index contributed by atoms with van der Waals surface area (Å²) < 4.78 is 0.922. The quantitative estimate of drug-likeness (QED) is 0.636. The summed E-state index contributed by atoms with van der Waals surface area (Å²) in [6.07, 6.45) is 4.12. The SMILES string of the molecule is C[C@@H](C1=CC(=O)CCC1)[C@H]1CC(=O)N(c2ccc(Br)cc2C(C)(C)C)C1=O. The van der Waals surface area contributed by atoms with Gasteiger partial charge in [0.25, 0.3) is 0 Å². The molecule has 1 aliphatic heterocycles. The zero-order chi connectivity index (χ0) is 19.9. The highest BCUT2D eigenvalue weighted by Gasteiger charge is 2.44. The molecule has 2 amide bonds. The molecule has 1 heterocycles. The standard InChI is InChI=1S/C22H26BrNO3/c1-13(14-6-5-7-16(25)10-14)17-12-20(26)24(21(17)27)19-9-8-15(23)11-18(19)22(2,3)4/h8-11,13,17H,5-7,12H2,1-4H3/t13-,17+/m0/s1. The second-order valence-electron chi connectivity index (χ2n) is 8.62. The third kappa shape index (κ3) is 3.93. The molecule has 1 aromatic carbocycles. The van der Waals surface area contributed by atoms with Crippen molar-refractivity contribution in [2.24, 2.45) is 11.8 Å². The molecule has 5 heteroatoms. The predicted octanol–water partition coefficient (Wildman–Crippen LogP) is 4.94. The first kappa shape index (κ1) is 20.0. The Morgan fingerprint density at radius 3 is 2.48 bits per heavy atom. The molecule has 1 saturated heterocycles. The van der Waals surface area contributed by atoms with Crippen LogP contribution in [0.5, 0.6) is 0 Å². The van der Waals surface area contributed by atoms with Crippen molar-refractivity contribution in [3.8, 4) is 0 Å². The van der Waals surface area contributed by atoms with Gasteiger partial charge >= 0.3 is 0 Å². The minimum absolute atomic E-state index is 0.0933. The van der Waals surface area contributed by atoms with Crippen molar-refractivity contribution in [2.75, 3.05) is 4.90 Å². The number of hydrogen-bond acceptors (Lipinski definition) is 3. The molecule has 1 aliphatic carbocycles. The Morgan fingerprint density at radius 1 is 1.15 bits per heavy atom. The molecule has 27 heavy (non-hydrogen) atoms. The Balaban J connectivity index is 1.95. The van der Waals surface area contributed by atoms with Gasteiger partial charge in [0.15, 0.2) is 5.78 Å². The molecule has 0 unspecified atom stereocenters. The van der Waals surface area contributed by atoms with E-state index < -0.39 is 5.92 Å². The first-order valence-corrected chi connectivity index (χ1v) is 10.3. The average molecular weight is 432 g/mol. The van der Waals surface area contributed by atoms with Gasteiger partial charge in [-0.15, -0.1) is 0 Å². The van der Waals surface area contributed by atoms with E-state index in [0.29, 0.717) is 12.1 Å². The third-order valence-electron chi connectivity index (χ3n) is 5.61. The van der Waals surface area contributed by atoms with Crippen molar-refractivity contribution in [1.29, 1.82) is 0 Å². The molecule has 0 saturated carbocycles. The number of carbonyl (C=O) groups is 3. The van der Waals surface area contributed by atoms with Gasteiger partial charge in [-0.1, -0.05) is 49.2 Å². The monoisotopic (exact) mass is 431 g/mol. The summed E-state index contributed by atoms with van der Waals surface area (Å²) in [5.41, 5.74) is 2.43. The minimum Gasteiger partial charge on any atom is -0.295 e. The number of imide groups is 1. The number of allylic oxidation sites excluding steroid dienone is 2. The molecule has 0 N–H and O–H groups in total. The Hall–Kier alpha value is -1.75. The van der Waals surface area contributed by atoms with E-state index in [0.717, 1.165) is 28.5 Å². The van der Waals surface area contributed by atoms with Crippen molar-refractivity contribution in [3.05, 3.63) is 39.9 Å². The number of amides is 2. The topological polar surface area (TPSA) is 54.5 Å². The summed E-state index contributed by atoms with van der Waals surface area (Å²) in [5, 5.41) is 0. The third-order valence-corrected chi connectivity index (χ3v) is 6.11. The number of anilines is 1. The van der Waals surface area contributed by atoms with Gasteiger partial charge in [-0.3, -0.25) is 14.4 Å². The lowest BCUT2D eigenvalue weighted by molar-refractivity contribution is -0.123. The molecule has 1 fully saturated rings. The maximum Gasteiger partial charge on any atom is 0.237 e. The minimum atomic E-state index is -0.397. The number of rotatable bonds is 3. The molecule has 144 valence electrons. The number of hydrogen-bond donors (Lipinski definition) is 0. The molecule has 4 nitrogen and oxygen atoms in total. The van der Waals surface area contributed by atoms with E-state index in [1.807, 2.05) is 25.1 Å². The van der Waals surface area contributed by atoms with E-state index >= 15 is 0 Å². The molecule has 0 radical (unpaired) electrons. The maximum atomic E-state index is 13.2. The molecule has 2 atom stereocenters. The van der Waals surface area contributed by atoms with Crippen LogP contribution in [0.25, 0.3) is 0 Å². The molecule has 0 bridgehead atoms. The van der Waals surface area contributed by atoms with Crippen molar-refractivity contribution in [1.82, 2.24) is 0 Å². The van der Waals surface area contributed by atoms with Crippen molar-refractivity contribution < 1.29 is 14.4 Å². The molecule has 3 rings (SSSR count). The van der Waals surface area contributed by atoms with Gasteiger partial charge in [0.1, 0.15) is 0 Å². The van der Waals surface area contributed by atoms with Crippen LogP contribution in [0.4, 0.5) is 5.69 Å². The van der Waals surface area contributed by atoms with Crippen LogP contribution in [-0.4, -0.2) is 17.6 Å². The van der Waals surface area contributed by atoms with E-state index in [9.17, 15) is 14.4 Å². The van der Waals surface area contributed by atoms with Crippen LogP contribution in [0.2, 0.25) is 0 Å². The molecule has 0 aromatic heterocycles. The zero-order valence-corrected chi connectivity index (χ0v) is 17.9. The summed E-state index contributed by atoms with van der Waals surface area (Å²) in [6, 6.07) is 5.69. The summed E-state index contributed by atoms with van der Waals surface area (Å²) in [6.45, 7) is 8.18. The number of carbonyl (C=O) groups excluding carboxylic acids is 3. The lowest BCUT2D eigenvalue weighted by atomic mass is 9.81. The van der Waals surface area contributed by atoms with Crippen LogP contribution >= 0.6 is 15.9 Å². The second kappa shape index (κ2) is 7.34. The van der Waals surface area contributed by atoms with Crippen LogP contribution in [0, 0.1) is 11.8 Å². The highest BCUT2D eigenvalue weighted by molar-refractivity contribution is 9.10. The van der Waals surface area contributed by atoms with Gasteiger partial charge in [0, 0.05) is 17.3 Å². The first-order chi connectivity index (χ1) is 12.6. The molecule has 2 aliphatic rings. The normalized spacial score (nSPS) is 22.3. The molecule has 1 aromatic rings. The zero-order valence-electron chi connectivity index (χ0n) is 16.3. The summed E-state index contributed by atoms with van der Waals surface area (Å²) in [5.74, 6) is -0.679. The lowest BCUT2D eigenvalue weighted by Crippen LogP contribution is -2.34. The number of benzene rings is 1. The summed E-state index contributed by atoms with van der Waals surface area (Å²) >= 11 is 3.49. The van der Waals surface area contributed by atoms with Gasteiger partial charge in [-0.2, -0.15) is 0 Å². The highest BCUT2D eigenvalue weighted by Crippen LogP contribution is 2.40. The summed E-state index contributed by atoms with van der Waals surface area (Å²) in [4.78, 5) is 39.2. The van der Waals surface area contributed by atoms with Crippen LogP contribution in [0.3, 0.4) is 0 Å². The Bertz CT molecular complexity index is 834. The fourth-order valence-electron chi connectivity index (χ4n) is 4.04. The second-order valence-corrected chi connectivity index (χ2v) is 9.53. The Labute approximate surface area is 169 Å². The van der Waals surface area contributed by atoms with Crippen LogP contribution in [0.1, 0.15) is 58.9 Å². The first-order valence-electron chi connectivity index (χ1n) is 9.49. The highest BCUT2D eigenvalue weighted by atomic mass is 79.9. The van der Waals surface area contributed by atoms with Gasteiger partial charge in [0.2, 0.25) is 11.8 Å². The summed E-state index contributed by atoms with van der Waals surface area (Å²) in [7, 11) is 0. The van der Waals surface area contributed by atoms with Gasteiger partial charge in [0.05, 0.1) is 11.6 Å².